The Morgan fingerprint density at radius 2 is 1.88 bits per heavy atom. The quantitative estimate of drug-likeness (QED) is 0.740. The summed E-state index contributed by atoms with van der Waals surface area (Å²) in [7, 11) is 0. The third-order valence-corrected chi connectivity index (χ3v) is 4.83. The van der Waals surface area contributed by atoms with Crippen LogP contribution >= 0.6 is 0 Å². The van der Waals surface area contributed by atoms with E-state index in [1.165, 1.54) is 11.3 Å². The lowest BCUT2D eigenvalue weighted by Crippen LogP contribution is -2.15. The fourth-order valence-corrected chi connectivity index (χ4v) is 3.55. The molecule has 0 radical (unpaired) electrons. The maximum Gasteiger partial charge on any atom is 0.163 e. The van der Waals surface area contributed by atoms with Crippen LogP contribution in [-0.4, -0.2) is 34.5 Å². The summed E-state index contributed by atoms with van der Waals surface area (Å²) in [4.78, 5) is 4.85. The Hall–Kier alpha value is -2.60. The van der Waals surface area contributed by atoms with E-state index in [4.69, 9.17) is 19.6 Å². The van der Waals surface area contributed by atoms with Crippen molar-refractivity contribution in [3.63, 3.8) is 0 Å². The van der Waals surface area contributed by atoms with E-state index < -0.39 is 0 Å². The summed E-state index contributed by atoms with van der Waals surface area (Å²) in [5.74, 6) is 1.57. The summed E-state index contributed by atoms with van der Waals surface area (Å²) < 4.78 is 13.5. The average molecular weight is 336 g/mol. The van der Waals surface area contributed by atoms with Crippen LogP contribution in [0.15, 0.2) is 24.3 Å². The van der Waals surface area contributed by atoms with Gasteiger partial charge in [0.05, 0.1) is 16.9 Å². The Kier molecular flexibility index (Phi) is 3.38. The molecule has 0 spiro atoms. The number of pyridine rings is 1. The van der Waals surface area contributed by atoms with Gasteiger partial charge in [0.25, 0.3) is 0 Å². The maximum atomic E-state index is 5.70. The van der Waals surface area contributed by atoms with Crippen LogP contribution in [0.4, 0.5) is 0 Å². The predicted molar refractivity (Wildman–Crippen MR) is 95.0 cm³/mol. The summed E-state index contributed by atoms with van der Waals surface area (Å²) >= 11 is 0. The molecule has 5 rings (SSSR count). The molecule has 0 atom stereocenters. The molecule has 0 aliphatic carbocycles. The lowest BCUT2D eigenvalue weighted by atomic mass is 10.1. The molecule has 1 aromatic carbocycles. The summed E-state index contributed by atoms with van der Waals surface area (Å²) in [6.07, 6.45) is 1.10. The van der Waals surface area contributed by atoms with E-state index in [0.717, 1.165) is 59.8 Å². The molecule has 25 heavy (non-hydrogen) atoms. The fraction of sp³-hybridized carbons (Fsp3) is 0.368. The first kappa shape index (κ1) is 14.7. The lowest BCUT2D eigenvalue weighted by Gasteiger charge is -2.19. The average Bonchev–Trinajstić information content (AvgIpc) is 2.91. The van der Waals surface area contributed by atoms with E-state index >= 15 is 0 Å². The first-order valence-corrected chi connectivity index (χ1v) is 8.77. The van der Waals surface area contributed by atoms with Gasteiger partial charge in [0.15, 0.2) is 11.5 Å². The number of aromatic nitrogens is 3. The minimum atomic E-state index is 0.581. The zero-order chi connectivity index (χ0) is 16.8. The Balaban J connectivity index is 1.62. The van der Waals surface area contributed by atoms with Gasteiger partial charge in [0.2, 0.25) is 0 Å². The molecular weight excluding hydrogens is 316 g/mol. The highest BCUT2D eigenvalue weighted by Crippen LogP contribution is 2.36. The monoisotopic (exact) mass is 336 g/mol. The van der Waals surface area contributed by atoms with Crippen molar-refractivity contribution in [2.75, 3.05) is 19.8 Å². The molecule has 2 aliphatic rings. The molecule has 3 aromatic rings. The first-order valence-electron chi connectivity index (χ1n) is 8.77. The van der Waals surface area contributed by atoms with Crippen molar-refractivity contribution in [2.45, 2.75) is 26.4 Å². The number of rotatable bonds is 1. The van der Waals surface area contributed by atoms with Gasteiger partial charge in [0, 0.05) is 24.5 Å². The van der Waals surface area contributed by atoms with Crippen molar-refractivity contribution in [3.8, 4) is 22.9 Å². The first-order chi connectivity index (χ1) is 12.3. The van der Waals surface area contributed by atoms with Gasteiger partial charge in [-0.1, -0.05) is 0 Å². The fourth-order valence-electron chi connectivity index (χ4n) is 3.55. The summed E-state index contributed by atoms with van der Waals surface area (Å²) in [5, 5.41) is 9.30. The van der Waals surface area contributed by atoms with E-state index in [1.54, 1.807) is 0 Å². The van der Waals surface area contributed by atoms with Crippen LogP contribution in [0.1, 0.15) is 17.7 Å². The Labute approximate surface area is 145 Å². The second-order valence-corrected chi connectivity index (χ2v) is 6.61. The molecular formula is C19H20N4O2. The molecule has 0 unspecified atom stereocenters. The van der Waals surface area contributed by atoms with Crippen LogP contribution in [-0.2, 0) is 13.1 Å². The Bertz CT molecular complexity index is 940. The van der Waals surface area contributed by atoms with Crippen molar-refractivity contribution in [2.24, 2.45) is 0 Å². The number of ether oxygens (including phenoxy) is 2. The molecule has 0 amide bonds. The molecule has 0 saturated heterocycles. The zero-order valence-corrected chi connectivity index (χ0v) is 14.2. The van der Waals surface area contributed by atoms with Crippen LogP contribution in [0, 0.1) is 6.92 Å². The zero-order valence-electron chi connectivity index (χ0n) is 14.2. The second-order valence-electron chi connectivity index (χ2n) is 6.61. The van der Waals surface area contributed by atoms with E-state index in [9.17, 15) is 0 Å². The Morgan fingerprint density at radius 3 is 2.76 bits per heavy atom. The molecule has 1 N–H and O–H groups in total. The molecule has 2 aliphatic heterocycles. The molecule has 0 fully saturated rings. The minimum absolute atomic E-state index is 0.581. The number of nitrogens with zero attached hydrogens (tertiary/aromatic N) is 3. The molecule has 0 saturated carbocycles. The minimum Gasteiger partial charge on any atom is -0.486 e. The number of hydrogen-bond acceptors (Lipinski definition) is 5. The Morgan fingerprint density at radius 1 is 1.04 bits per heavy atom. The number of aryl methyl sites for hydroxylation is 2. The molecule has 2 aromatic heterocycles. The third-order valence-electron chi connectivity index (χ3n) is 4.83. The normalized spacial score (nSPS) is 16.5. The van der Waals surface area contributed by atoms with E-state index in [0.29, 0.717) is 13.2 Å². The summed E-state index contributed by atoms with van der Waals surface area (Å²) in [6, 6.07) is 8.25. The van der Waals surface area contributed by atoms with Gasteiger partial charge in [-0.2, -0.15) is 5.10 Å². The number of fused-ring (bicyclic) bond motifs is 3. The largest absolute Gasteiger partial charge is 0.486 e. The highest BCUT2D eigenvalue weighted by atomic mass is 16.6. The van der Waals surface area contributed by atoms with Gasteiger partial charge in [0.1, 0.15) is 18.9 Å². The van der Waals surface area contributed by atoms with Gasteiger partial charge in [-0.15, -0.1) is 0 Å². The maximum absolute atomic E-state index is 5.70. The number of benzene rings is 1. The molecule has 6 nitrogen and oxygen atoms in total. The third kappa shape index (κ3) is 2.53. The SMILES string of the molecule is Cc1cc(-c2cc3n(n2)CCCNC3)nc2cc3c(cc12)OCCO3. The topological polar surface area (TPSA) is 61.2 Å². The summed E-state index contributed by atoms with van der Waals surface area (Å²) in [6.45, 7) is 6.13. The molecule has 4 heterocycles. The standard InChI is InChI=1S/C19H20N4O2/c1-12-7-16(17-8-13-11-20-3-2-4-23(13)22-17)21-15-10-19-18(9-14(12)15)24-5-6-25-19/h7-10,20H,2-6,11H2,1H3. The summed E-state index contributed by atoms with van der Waals surface area (Å²) in [5.41, 5.74) is 5.13. The van der Waals surface area contributed by atoms with Crippen molar-refractivity contribution >= 4 is 10.9 Å². The van der Waals surface area contributed by atoms with Crippen LogP contribution in [0.25, 0.3) is 22.3 Å². The highest BCUT2D eigenvalue weighted by molar-refractivity contribution is 5.87. The second kappa shape index (κ2) is 5.74. The highest BCUT2D eigenvalue weighted by Gasteiger charge is 2.17. The molecule has 6 heteroatoms. The van der Waals surface area contributed by atoms with Crippen LogP contribution in [0.3, 0.4) is 0 Å². The number of nitrogens with one attached hydrogen (secondary N) is 1. The van der Waals surface area contributed by atoms with Gasteiger partial charge >= 0.3 is 0 Å². The van der Waals surface area contributed by atoms with Gasteiger partial charge in [-0.25, -0.2) is 4.98 Å². The lowest BCUT2D eigenvalue weighted by molar-refractivity contribution is 0.172. The van der Waals surface area contributed by atoms with E-state index in [1.807, 2.05) is 12.1 Å². The van der Waals surface area contributed by atoms with E-state index in [-0.39, 0.29) is 0 Å². The van der Waals surface area contributed by atoms with Crippen molar-refractivity contribution in [3.05, 3.63) is 35.5 Å². The van der Waals surface area contributed by atoms with Crippen molar-refractivity contribution in [1.29, 1.82) is 0 Å². The van der Waals surface area contributed by atoms with Gasteiger partial charge in [-0.05, 0) is 43.7 Å². The van der Waals surface area contributed by atoms with Crippen LogP contribution < -0.4 is 14.8 Å². The predicted octanol–water partition coefficient (Wildman–Crippen LogP) is 2.67. The van der Waals surface area contributed by atoms with Crippen LogP contribution in [0.5, 0.6) is 11.5 Å². The smallest absolute Gasteiger partial charge is 0.163 e. The van der Waals surface area contributed by atoms with E-state index in [2.05, 4.69) is 29.1 Å². The molecule has 0 bridgehead atoms. The molecule has 128 valence electrons. The van der Waals surface area contributed by atoms with Gasteiger partial charge < -0.3 is 14.8 Å². The number of hydrogen-bond donors (Lipinski definition) is 1. The van der Waals surface area contributed by atoms with Gasteiger partial charge in [-0.3, -0.25) is 4.68 Å². The van der Waals surface area contributed by atoms with Crippen molar-refractivity contribution in [1.82, 2.24) is 20.1 Å². The van der Waals surface area contributed by atoms with Crippen molar-refractivity contribution < 1.29 is 9.47 Å². The van der Waals surface area contributed by atoms with Crippen LogP contribution in [0.2, 0.25) is 0 Å².